The predicted molar refractivity (Wildman–Crippen MR) is 108 cm³/mol. The van der Waals surface area contributed by atoms with Crippen LogP contribution in [0.4, 0.5) is 0 Å². The summed E-state index contributed by atoms with van der Waals surface area (Å²) in [5.41, 5.74) is 5.14. The molecule has 2 aliphatic rings. The summed E-state index contributed by atoms with van der Waals surface area (Å²) in [5, 5.41) is 1.16. The van der Waals surface area contributed by atoms with Crippen LogP contribution in [0.5, 0.6) is 0 Å². The van der Waals surface area contributed by atoms with Crippen LogP contribution in [0, 0.1) is 0 Å². The van der Waals surface area contributed by atoms with Crippen LogP contribution in [0.25, 0.3) is 10.9 Å². The second-order valence-electron chi connectivity index (χ2n) is 7.81. The van der Waals surface area contributed by atoms with Crippen molar-refractivity contribution in [1.29, 1.82) is 0 Å². The monoisotopic (exact) mass is 359 g/mol. The third-order valence-electron chi connectivity index (χ3n) is 6.21. The molecule has 1 atom stereocenters. The minimum atomic E-state index is 0.250. The molecule has 5 rings (SSSR count). The molecule has 2 aliphatic heterocycles. The summed E-state index contributed by atoms with van der Waals surface area (Å²) in [7, 11) is 0. The number of hydrogen-bond donors (Lipinski definition) is 1. The van der Waals surface area contributed by atoms with Gasteiger partial charge >= 0.3 is 0 Å². The number of H-pyrrole nitrogens is 1. The number of amides is 1. The summed E-state index contributed by atoms with van der Waals surface area (Å²) >= 11 is 0. The van der Waals surface area contributed by atoms with E-state index < -0.39 is 0 Å². The molecule has 1 aromatic heterocycles. The number of carbonyl (C=O) groups excluding carboxylic acids is 1. The van der Waals surface area contributed by atoms with Gasteiger partial charge in [0.05, 0.1) is 6.42 Å². The van der Waals surface area contributed by atoms with Crippen molar-refractivity contribution in [2.45, 2.75) is 31.8 Å². The maximum atomic E-state index is 12.9. The Morgan fingerprint density at radius 2 is 1.85 bits per heavy atom. The molecule has 4 heteroatoms. The standard InChI is InChI=1S/C23H25N3O/c27-23(13-19-14-24-22-8-4-3-7-21(19)22)26-12-10-20(16-26)25-11-9-17-5-1-2-6-18(17)15-25/h1-8,14,20,24H,9-13,15-16H2. The molecule has 1 unspecified atom stereocenters. The molecule has 0 radical (unpaired) electrons. The van der Waals surface area contributed by atoms with Gasteiger partial charge in [-0.2, -0.15) is 0 Å². The molecule has 1 saturated heterocycles. The van der Waals surface area contributed by atoms with Crippen LogP contribution >= 0.6 is 0 Å². The van der Waals surface area contributed by atoms with Crippen molar-refractivity contribution in [3.8, 4) is 0 Å². The second-order valence-corrected chi connectivity index (χ2v) is 7.81. The summed E-state index contributed by atoms with van der Waals surface area (Å²) in [5.74, 6) is 0.250. The van der Waals surface area contributed by atoms with E-state index >= 15 is 0 Å². The molecule has 1 amide bonds. The van der Waals surface area contributed by atoms with Crippen molar-refractivity contribution in [2.24, 2.45) is 0 Å². The summed E-state index contributed by atoms with van der Waals surface area (Å²) in [6.45, 7) is 3.87. The topological polar surface area (TPSA) is 39.3 Å². The third kappa shape index (κ3) is 3.15. The molecule has 138 valence electrons. The number of para-hydroxylation sites is 1. The molecule has 0 spiro atoms. The maximum absolute atomic E-state index is 12.9. The summed E-state index contributed by atoms with van der Waals surface area (Å²) in [4.78, 5) is 20.8. The first-order valence-corrected chi connectivity index (χ1v) is 9.91. The fourth-order valence-corrected chi connectivity index (χ4v) is 4.65. The second kappa shape index (κ2) is 6.86. The van der Waals surface area contributed by atoms with Gasteiger partial charge in [0.25, 0.3) is 0 Å². The van der Waals surface area contributed by atoms with Gasteiger partial charge in [0.1, 0.15) is 0 Å². The number of fused-ring (bicyclic) bond motifs is 2. The Morgan fingerprint density at radius 3 is 2.78 bits per heavy atom. The number of likely N-dealkylation sites (tertiary alicyclic amines) is 1. The smallest absolute Gasteiger partial charge is 0.227 e. The zero-order chi connectivity index (χ0) is 18.2. The largest absolute Gasteiger partial charge is 0.361 e. The number of aromatic amines is 1. The Balaban J connectivity index is 1.24. The van der Waals surface area contributed by atoms with Gasteiger partial charge in [-0.1, -0.05) is 42.5 Å². The fourth-order valence-electron chi connectivity index (χ4n) is 4.65. The van der Waals surface area contributed by atoms with E-state index in [0.29, 0.717) is 12.5 Å². The van der Waals surface area contributed by atoms with E-state index in [1.807, 2.05) is 18.3 Å². The molecule has 3 aromatic rings. The Bertz CT molecular complexity index is 976. The van der Waals surface area contributed by atoms with Crippen LogP contribution in [-0.2, 0) is 24.2 Å². The lowest BCUT2D eigenvalue weighted by Gasteiger charge is -2.33. The highest BCUT2D eigenvalue weighted by atomic mass is 16.2. The first-order valence-electron chi connectivity index (χ1n) is 9.91. The number of nitrogens with zero attached hydrogens (tertiary/aromatic N) is 2. The average molecular weight is 359 g/mol. The summed E-state index contributed by atoms with van der Waals surface area (Å²) in [6.07, 6.45) is 4.68. The minimum Gasteiger partial charge on any atom is -0.361 e. The van der Waals surface area contributed by atoms with E-state index in [1.54, 1.807) is 0 Å². The zero-order valence-corrected chi connectivity index (χ0v) is 15.5. The van der Waals surface area contributed by atoms with Crippen molar-refractivity contribution < 1.29 is 4.79 Å². The average Bonchev–Trinajstić information content (AvgIpc) is 3.36. The van der Waals surface area contributed by atoms with E-state index in [4.69, 9.17) is 0 Å². The van der Waals surface area contributed by atoms with Gasteiger partial charge < -0.3 is 9.88 Å². The van der Waals surface area contributed by atoms with E-state index in [0.717, 1.165) is 55.5 Å². The quantitative estimate of drug-likeness (QED) is 0.779. The molecule has 3 heterocycles. The van der Waals surface area contributed by atoms with Gasteiger partial charge in [-0.05, 0) is 35.6 Å². The van der Waals surface area contributed by atoms with Gasteiger partial charge in [-0.3, -0.25) is 9.69 Å². The van der Waals surface area contributed by atoms with E-state index in [1.165, 1.54) is 11.1 Å². The minimum absolute atomic E-state index is 0.250. The molecule has 27 heavy (non-hydrogen) atoms. The maximum Gasteiger partial charge on any atom is 0.227 e. The lowest BCUT2D eigenvalue weighted by molar-refractivity contribution is -0.129. The summed E-state index contributed by atoms with van der Waals surface area (Å²) in [6, 6.07) is 17.5. The normalized spacial score (nSPS) is 20.1. The number of carbonyl (C=O) groups is 1. The molecule has 1 N–H and O–H groups in total. The van der Waals surface area contributed by atoms with Crippen molar-refractivity contribution >= 4 is 16.8 Å². The highest BCUT2D eigenvalue weighted by Gasteiger charge is 2.32. The third-order valence-corrected chi connectivity index (χ3v) is 6.21. The van der Waals surface area contributed by atoms with Crippen LogP contribution in [0.3, 0.4) is 0 Å². The van der Waals surface area contributed by atoms with Crippen molar-refractivity contribution in [3.63, 3.8) is 0 Å². The van der Waals surface area contributed by atoms with Gasteiger partial charge in [0, 0.05) is 49.3 Å². The first-order chi connectivity index (χ1) is 13.3. The van der Waals surface area contributed by atoms with Gasteiger partial charge in [-0.25, -0.2) is 0 Å². The van der Waals surface area contributed by atoms with Crippen LogP contribution in [0.15, 0.2) is 54.7 Å². The van der Waals surface area contributed by atoms with Crippen molar-refractivity contribution in [2.75, 3.05) is 19.6 Å². The Kier molecular flexibility index (Phi) is 4.21. The SMILES string of the molecule is O=C(Cc1c[nH]c2ccccc12)N1CCC(N2CCc3ccccc3C2)C1. The van der Waals surface area contributed by atoms with Crippen LogP contribution in [0.2, 0.25) is 0 Å². The number of rotatable bonds is 3. The molecule has 0 saturated carbocycles. The number of hydrogen-bond acceptors (Lipinski definition) is 2. The molecule has 1 fully saturated rings. The fraction of sp³-hybridized carbons (Fsp3) is 0.348. The van der Waals surface area contributed by atoms with E-state index in [-0.39, 0.29) is 5.91 Å². The molecule has 4 nitrogen and oxygen atoms in total. The predicted octanol–water partition coefficient (Wildman–Crippen LogP) is 3.37. The first kappa shape index (κ1) is 16.6. The van der Waals surface area contributed by atoms with Gasteiger partial charge in [-0.15, -0.1) is 0 Å². The van der Waals surface area contributed by atoms with Crippen LogP contribution < -0.4 is 0 Å². The molecule has 2 aromatic carbocycles. The lowest BCUT2D eigenvalue weighted by atomic mass is 9.98. The van der Waals surface area contributed by atoms with Crippen molar-refractivity contribution in [3.05, 3.63) is 71.4 Å². The molecular weight excluding hydrogens is 334 g/mol. The Morgan fingerprint density at radius 1 is 1.04 bits per heavy atom. The Labute approximate surface area is 159 Å². The molecule has 0 aliphatic carbocycles. The summed E-state index contributed by atoms with van der Waals surface area (Å²) < 4.78 is 0. The number of nitrogens with one attached hydrogen (secondary N) is 1. The van der Waals surface area contributed by atoms with Crippen LogP contribution in [-0.4, -0.2) is 46.4 Å². The van der Waals surface area contributed by atoms with E-state index in [2.05, 4.69) is 51.2 Å². The molecule has 0 bridgehead atoms. The Hall–Kier alpha value is -2.59. The highest BCUT2D eigenvalue weighted by molar-refractivity contribution is 5.89. The van der Waals surface area contributed by atoms with E-state index in [9.17, 15) is 4.79 Å². The molecular formula is C23H25N3O. The van der Waals surface area contributed by atoms with Gasteiger partial charge in [0.15, 0.2) is 0 Å². The lowest BCUT2D eigenvalue weighted by Crippen LogP contribution is -2.41. The van der Waals surface area contributed by atoms with Gasteiger partial charge in [0.2, 0.25) is 5.91 Å². The highest BCUT2D eigenvalue weighted by Crippen LogP contribution is 2.25. The number of aromatic nitrogens is 1. The van der Waals surface area contributed by atoms with Crippen LogP contribution in [0.1, 0.15) is 23.1 Å². The van der Waals surface area contributed by atoms with Crippen molar-refractivity contribution in [1.82, 2.24) is 14.8 Å². The zero-order valence-electron chi connectivity index (χ0n) is 15.5. The number of benzene rings is 2.